The van der Waals surface area contributed by atoms with Crippen molar-refractivity contribution in [2.24, 2.45) is 5.73 Å². The van der Waals surface area contributed by atoms with E-state index in [-0.39, 0.29) is 17.5 Å². The summed E-state index contributed by atoms with van der Waals surface area (Å²) in [6, 6.07) is 7.09. The highest BCUT2D eigenvalue weighted by molar-refractivity contribution is 5.53. The molecular weight excluding hydrogens is 288 g/mol. The molecule has 0 saturated carbocycles. The monoisotopic (exact) mass is 302 g/mol. The zero-order chi connectivity index (χ0) is 15.9. The zero-order valence-electron chi connectivity index (χ0n) is 12.0. The minimum atomic E-state index is -0.714. The lowest BCUT2D eigenvalue weighted by Gasteiger charge is -2.22. The van der Waals surface area contributed by atoms with Gasteiger partial charge in [-0.1, -0.05) is 18.2 Å². The number of ether oxygens (including phenoxy) is 2. The van der Waals surface area contributed by atoms with Gasteiger partial charge in [0.05, 0.1) is 17.6 Å². The van der Waals surface area contributed by atoms with Crippen LogP contribution in [-0.4, -0.2) is 22.2 Å². The average molecular weight is 302 g/mol. The van der Waals surface area contributed by atoms with E-state index >= 15 is 0 Å². The maximum absolute atomic E-state index is 11.5. The summed E-state index contributed by atoms with van der Waals surface area (Å²) in [6.45, 7) is 1.77. The third-order valence-electron chi connectivity index (χ3n) is 3.63. The number of benzene rings is 1. The minimum absolute atomic E-state index is 0.221. The van der Waals surface area contributed by atoms with Crippen molar-refractivity contribution in [3.63, 3.8) is 0 Å². The molecule has 1 atom stereocenters. The molecule has 0 aliphatic carbocycles. The van der Waals surface area contributed by atoms with Crippen LogP contribution in [0.1, 0.15) is 22.7 Å². The van der Waals surface area contributed by atoms with Crippen LogP contribution in [-0.2, 0) is 0 Å². The Balaban J connectivity index is 2.29. The molecule has 8 nitrogen and oxygen atoms in total. The largest absolute Gasteiger partial charge is 0.496 e. The van der Waals surface area contributed by atoms with Crippen molar-refractivity contribution < 1.29 is 14.4 Å². The summed E-state index contributed by atoms with van der Waals surface area (Å²) in [7, 11) is 1.51. The van der Waals surface area contributed by atoms with Crippen LogP contribution in [0, 0.1) is 17.0 Å². The molecule has 1 aromatic heterocycles. The fourth-order valence-electron chi connectivity index (χ4n) is 2.67. The van der Waals surface area contributed by atoms with Crippen LogP contribution in [0.4, 0.5) is 0 Å². The van der Waals surface area contributed by atoms with E-state index < -0.39 is 10.8 Å². The lowest BCUT2D eigenvalue weighted by molar-refractivity contribution is -0.432. The number of aryl methyl sites for hydroxylation is 1. The fraction of sp³-hybridized carbons (Fsp3) is 0.214. The molecule has 1 aromatic carbocycles. The first-order valence-electron chi connectivity index (χ1n) is 6.54. The summed E-state index contributed by atoms with van der Waals surface area (Å²) in [5.74, 6) is -0.196. The van der Waals surface area contributed by atoms with Crippen LogP contribution < -0.4 is 15.2 Å². The van der Waals surface area contributed by atoms with Gasteiger partial charge in [-0.05, 0) is 13.0 Å². The highest BCUT2D eigenvalue weighted by atomic mass is 16.6. The number of hydrogen-bond acceptors (Lipinski definition) is 6. The van der Waals surface area contributed by atoms with Gasteiger partial charge >= 0.3 is 5.70 Å². The van der Waals surface area contributed by atoms with Gasteiger partial charge in [0, 0.05) is 11.3 Å². The molecule has 0 spiro atoms. The van der Waals surface area contributed by atoms with Crippen LogP contribution in [0.3, 0.4) is 0 Å². The number of nitro groups is 1. The number of hydrogen-bond donors (Lipinski definition) is 2. The third-order valence-corrected chi connectivity index (χ3v) is 3.63. The van der Waals surface area contributed by atoms with Crippen molar-refractivity contribution in [3.05, 3.63) is 62.8 Å². The lowest BCUT2D eigenvalue weighted by Crippen LogP contribution is -2.26. The molecule has 0 fully saturated rings. The van der Waals surface area contributed by atoms with Crippen LogP contribution >= 0.6 is 0 Å². The quantitative estimate of drug-likeness (QED) is 0.658. The molecule has 2 aromatic rings. The molecule has 0 unspecified atom stereocenters. The van der Waals surface area contributed by atoms with Crippen LogP contribution in [0.2, 0.25) is 0 Å². The molecule has 114 valence electrons. The number of H-pyrrole nitrogens is 1. The molecule has 3 N–H and O–H groups in total. The molecule has 0 saturated heterocycles. The number of aromatic nitrogens is 2. The van der Waals surface area contributed by atoms with Gasteiger partial charge in [0.25, 0.3) is 5.88 Å². The Kier molecular flexibility index (Phi) is 3.21. The number of aromatic amines is 1. The van der Waals surface area contributed by atoms with Gasteiger partial charge in [-0.25, -0.2) is 0 Å². The second-order valence-corrected chi connectivity index (χ2v) is 4.85. The van der Waals surface area contributed by atoms with Crippen LogP contribution in [0.25, 0.3) is 0 Å². The Morgan fingerprint density at radius 1 is 1.45 bits per heavy atom. The van der Waals surface area contributed by atoms with Gasteiger partial charge in [-0.15, -0.1) is 5.10 Å². The Morgan fingerprint density at radius 3 is 2.86 bits per heavy atom. The smallest absolute Gasteiger partial charge is 0.317 e. The van der Waals surface area contributed by atoms with E-state index in [0.717, 1.165) is 0 Å². The number of methoxy groups -OCH3 is 1. The van der Waals surface area contributed by atoms with Crippen LogP contribution in [0.5, 0.6) is 11.6 Å². The van der Waals surface area contributed by atoms with Gasteiger partial charge in [-0.3, -0.25) is 15.2 Å². The molecule has 0 amide bonds. The number of nitrogens with one attached hydrogen (secondary N) is 1. The summed E-state index contributed by atoms with van der Waals surface area (Å²) in [5.41, 5.74) is 7.42. The van der Waals surface area contributed by atoms with E-state index in [4.69, 9.17) is 15.2 Å². The second-order valence-electron chi connectivity index (χ2n) is 4.85. The topological polar surface area (TPSA) is 116 Å². The van der Waals surface area contributed by atoms with Gasteiger partial charge in [0.2, 0.25) is 5.88 Å². The molecule has 3 rings (SSSR count). The zero-order valence-corrected chi connectivity index (χ0v) is 12.0. The van der Waals surface area contributed by atoms with Crippen molar-refractivity contribution in [2.75, 3.05) is 7.11 Å². The van der Waals surface area contributed by atoms with E-state index in [1.807, 2.05) is 0 Å². The van der Waals surface area contributed by atoms with Gasteiger partial charge in [0.15, 0.2) is 0 Å². The SMILES string of the molecule is COc1ccccc1[C@H]1C([N+](=O)[O-])=C(N)Oc2n[nH]c(C)c21. The standard InChI is InChI=1S/C14H14N4O4/c1-7-10-11(8-5-3-4-6-9(8)21-2)12(18(19)20)13(15)22-14(10)17-16-7/h3-6,11H,15H2,1-2H3,(H,16,17)/t11-/m1/s1. The maximum Gasteiger partial charge on any atom is 0.317 e. The highest BCUT2D eigenvalue weighted by Crippen LogP contribution is 2.45. The summed E-state index contributed by atoms with van der Waals surface area (Å²) < 4.78 is 10.6. The average Bonchev–Trinajstić information content (AvgIpc) is 2.86. The summed E-state index contributed by atoms with van der Waals surface area (Å²) in [6.07, 6.45) is 0. The Morgan fingerprint density at radius 2 is 2.18 bits per heavy atom. The molecule has 0 radical (unpaired) electrons. The summed E-state index contributed by atoms with van der Waals surface area (Å²) in [5, 5.41) is 18.3. The number of para-hydroxylation sites is 1. The van der Waals surface area contributed by atoms with E-state index in [1.165, 1.54) is 7.11 Å². The Labute approximate surface area is 125 Å². The molecule has 1 aliphatic heterocycles. The second kappa shape index (κ2) is 5.06. The van der Waals surface area contributed by atoms with Crippen molar-refractivity contribution in [1.82, 2.24) is 10.2 Å². The number of fused-ring (bicyclic) bond motifs is 1. The Bertz CT molecular complexity index is 781. The molecule has 0 bridgehead atoms. The van der Waals surface area contributed by atoms with Crippen molar-refractivity contribution in [3.8, 4) is 11.6 Å². The normalized spacial score (nSPS) is 16.9. The number of nitrogens with zero attached hydrogens (tertiary/aromatic N) is 2. The van der Waals surface area contributed by atoms with E-state index in [9.17, 15) is 10.1 Å². The maximum atomic E-state index is 11.5. The van der Waals surface area contributed by atoms with Crippen molar-refractivity contribution in [2.45, 2.75) is 12.8 Å². The predicted molar refractivity (Wildman–Crippen MR) is 77.0 cm³/mol. The molecular formula is C14H14N4O4. The van der Waals surface area contributed by atoms with E-state index in [1.54, 1.807) is 31.2 Å². The summed E-state index contributed by atoms with van der Waals surface area (Å²) in [4.78, 5) is 11.0. The van der Waals surface area contributed by atoms with Crippen molar-refractivity contribution in [1.29, 1.82) is 0 Å². The molecule has 22 heavy (non-hydrogen) atoms. The van der Waals surface area contributed by atoms with Crippen molar-refractivity contribution >= 4 is 0 Å². The first-order chi connectivity index (χ1) is 10.5. The van der Waals surface area contributed by atoms with E-state index in [0.29, 0.717) is 22.6 Å². The molecule has 2 heterocycles. The first-order valence-corrected chi connectivity index (χ1v) is 6.54. The minimum Gasteiger partial charge on any atom is -0.496 e. The lowest BCUT2D eigenvalue weighted by atomic mass is 9.87. The van der Waals surface area contributed by atoms with Gasteiger partial charge in [0.1, 0.15) is 11.7 Å². The predicted octanol–water partition coefficient (Wildman–Crippen LogP) is 1.66. The highest BCUT2D eigenvalue weighted by Gasteiger charge is 2.42. The summed E-state index contributed by atoms with van der Waals surface area (Å²) >= 11 is 0. The first kappa shape index (κ1) is 13.9. The third kappa shape index (κ3) is 1.96. The van der Waals surface area contributed by atoms with Crippen LogP contribution in [0.15, 0.2) is 35.8 Å². The number of nitrogens with two attached hydrogens (primary N) is 1. The van der Waals surface area contributed by atoms with Gasteiger partial charge < -0.3 is 15.2 Å². The number of allylic oxidation sites excluding steroid dienone is 1. The number of rotatable bonds is 3. The molecule has 1 aliphatic rings. The Hall–Kier alpha value is -3.03. The fourth-order valence-corrected chi connectivity index (χ4v) is 2.67. The van der Waals surface area contributed by atoms with Gasteiger partial charge in [-0.2, -0.15) is 0 Å². The van der Waals surface area contributed by atoms with E-state index in [2.05, 4.69) is 10.2 Å². The molecule has 8 heteroatoms.